The fraction of sp³-hybridized carbons (Fsp3) is 0.692. The van der Waals surface area contributed by atoms with Gasteiger partial charge in [-0.05, 0) is 83.1 Å². The molecule has 0 bridgehead atoms. The number of benzene rings is 1. The number of hydrogen-bond donors (Lipinski definition) is 0. The standard InChI is InChI=1S/C26H44N4O5S/c1-20-16-24(35-7)17-21(2)26(20)36(33,34)29(6)19-23(31)8-9-25(32)28(5)18-22-10-12-30(13-11-22)15-14-27(3)4/h16-17,22H,8-15,18-19H2,1-7H3. The van der Waals surface area contributed by atoms with Crippen LogP contribution < -0.4 is 4.74 Å². The molecule has 9 nitrogen and oxygen atoms in total. The van der Waals surface area contributed by atoms with Gasteiger partial charge in [0.05, 0.1) is 18.6 Å². The summed E-state index contributed by atoms with van der Waals surface area (Å²) in [5, 5.41) is 0. The maximum absolute atomic E-state index is 13.1. The predicted octanol–water partition coefficient (Wildman–Crippen LogP) is 2.01. The average Bonchev–Trinajstić information content (AvgIpc) is 2.81. The number of likely N-dealkylation sites (N-methyl/N-ethyl adjacent to an activating group) is 2. The third-order valence-corrected chi connectivity index (χ3v) is 8.99. The molecule has 1 aromatic carbocycles. The summed E-state index contributed by atoms with van der Waals surface area (Å²) < 4.78 is 32.5. The van der Waals surface area contributed by atoms with E-state index in [0.29, 0.717) is 29.3 Å². The minimum absolute atomic E-state index is 0.0204. The number of hydrogen-bond acceptors (Lipinski definition) is 7. The van der Waals surface area contributed by atoms with Crippen molar-refractivity contribution in [2.45, 2.75) is 44.4 Å². The molecule has 1 aliphatic rings. The number of carbonyl (C=O) groups is 2. The highest BCUT2D eigenvalue weighted by Crippen LogP contribution is 2.27. The number of ketones is 1. The zero-order valence-corrected chi connectivity index (χ0v) is 23.9. The van der Waals surface area contributed by atoms with Gasteiger partial charge in [-0.2, -0.15) is 4.31 Å². The number of aryl methyl sites for hydroxylation is 2. The molecule has 2 rings (SSSR count). The Balaban J connectivity index is 1.81. The summed E-state index contributed by atoms with van der Waals surface area (Å²) in [5.41, 5.74) is 1.12. The normalized spacial score (nSPS) is 15.5. The van der Waals surface area contributed by atoms with Gasteiger partial charge < -0.3 is 19.4 Å². The van der Waals surface area contributed by atoms with Crippen LogP contribution in [0.1, 0.15) is 36.8 Å². The molecule has 1 heterocycles. The number of amides is 1. The van der Waals surface area contributed by atoms with Crippen LogP contribution in [0.25, 0.3) is 0 Å². The van der Waals surface area contributed by atoms with E-state index in [4.69, 9.17) is 4.74 Å². The molecule has 0 radical (unpaired) electrons. The lowest BCUT2D eigenvalue weighted by Crippen LogP contribution is -2.41. The molecule has 0 atom stereocenters. The molecule has 36 heavy (non-hydrogen) atoms. The summed E-state index contributed by atoms with van der Waals surface area (Å²) in [6.07, 6.45) is 2.24. The fourth-order valence-electron chi connectivity index (χ4n) is 4.66. The Morgan fingerprint density at radius 3 is 2.14 bits per heavy atom. The van der Waals surface area contributed by atoms with Gasteiger partial charge in [0.25, 0.3) is 0 Å². The largest absolute Gasteiger partial charge is 0.497 e. The van der Waals surface area contributed by atoms with E-state index >= 15 is 0 Å². The van der Waals surface area contributed by atoms with Gasteiger partial charge in [0.2, 0.25) is 15.9 Å². The van der Waals surface area contributed by atoms with Crippen molar-refractivity contribution in [2.75, 3.05) is 74.6 Å². The number of likely N-dealkylation sites (tertiary alicyclic amines) is 1. The zero-order valence-electron chi connectivity index (χ0n) is 23.0. The SMILES string of the molecule is COc1cc(C)c(S(=O)(=O)N(C)CC(=O)CCC(=O)N(C)CC2CCN(CCN(C)C)CC2)c(C)c1. The Kier molecular flexibility index (Phi) is 11.3. The van der Waals surface area contributed by atoms with Gasteiger partial charge in [0, 0.05) is 46.6 Å². The first kappa shape index (κ1) is 30.2. The highest BCUT2D eigenvalue weighted by atomic mass is 32.2. The fourth-order valence-corrected chi connectivity index (χ4v) is 6.22. The second kappa shape index (κ2) is 13.5. The predicted molar refractivity (Wildman–Crippen MR) is 142 cm³/mol. The quantitative estimate of drug-likeness (QED) is 0.390. The number of piperidine rings is 1. The van der Waals surface area contributed by atoms with Crippen LogP contribution in [-0.2, 0) is 19.6 Å². The number of Topliss-reactive ketones (excluding diaryl/α,β-unsaturated/α-hetero) is 1. The van der Waals surface area contributed by atoms with Crippen molar-refractivity contribution < 1.29 is 22.7 Å². The van der Waals surface area contributed by atoms with Crippen LogP contribution in [-0.4, -0.2) is 114 Å². The van der Waals surface area contributed by atoms with Crippen LogP contribution >= 0.6 is 0 Å². The number of nitrogens with zero attached hydrogens (tertiary/aromatic N) is 4. The van der Waals surface area contributed by atoms with Gasteiger partial charge in [0.15, 0.2) is 0 Å². The van der Waals surface area contributed by atoms with Crippen LogP contribution in [0.4, 0.5) is 0 Å². The molecule has 1 amide bonds. The summed E-state index contributed by atoms with van der Waals surface area (Å²) in [4.78, 5) is 31.7. The smallest absolute Gasteiger partial charge is 0.243 e. The van der Waals surface area contributed by atoms with Crippen molar-refractivity contribution >= 4 is 21.7 Å². The lowest BCUT2D eigenvalue weighted by molar-refractivity contribution is -0.132. The Morgan fingerprint density at radius 2 is 1.61 bits per heavy atom. The van der Waals surface area contributed by atoms with Gasteiger partial charge in [-0.15, -0.1) is 0 Å². The van der Waals surface area contributed by atoms with Crippen LogP contribution in [0.15, 0.2) is 17.0 Å². The molecule has 0 unspecified atom stereocenters. The lowest BCUT2D eigenvalue weighted by atomic mass is 9.96. The van der Waals surface area contributed by atoms with E-state index < -0.39 is 10.0 Å². The van der Waals surface area contributed by atoms with E-state index in [-0.39, 0.29) is 36.0 Å². The molecule has 204 valence electrons. The number of sulfonamides is 1. The summed E-state index contributed by atoms with van der Waals surface area (Å²) in [5.74, 6) is 0.698. The first-order chi connectivity index (χ1) is 16.8. The maximum atomic E-state index is 13.1. The van der Waals surface area contributed by atoms with Crippen LogP contribution in [0, 0.1) is 19.8 Å². The molecule has 0 N–H and O–H groups in total. The summed E-state index contributed by atoms with van der Waals surface area (Å²) >= 11 is 0. The summed E-state index contributed by atoms with van der Waals surface area (Å²) in [6, 6.07) is 3.33. The Morgan fingerprint density at radius 1 is 1.03 bits per heavy atom. The maximum Gasteiger partial charge on any atom is 0.243 e. The molecule has 1 aliphatic heterocycles. The lowest BCUT2D eigenvalue weighted by Gasteiger charge is -2.34. The van der Waals surface area contributed by atoms with Gasteiger partial charge in [-0.1, -0.05) is 0 Å². The zero-order chi connectivity index (χ0) is 27.0. The molecule has 0 saturated carbocycles. The molecule has 1 fully saturated rings. The Bertz CT molecular complexity index is 981. The van der Waals surface area contributed by atoms with Crippen LogP contribution in [0.3, 0.4) is 0 Å². The molecule has 0 aliphatic carbocycles. The van der Waals surface area contributed by atoms with Gasteiger partial charge in [0.1, 0.15) is 11.5 Å². The first-order valence-corrected chi connectivity index (χ1v) is 14.0. The second-order valence-electron chi connectivity index (χ2n) is 10.3. The van der Waals surface area contributed by atoms with Gasteiger partial charge >= 0.3 is 0 Å². The Hall–Kier alpha value is -2.01. The van der Waals surface area contributed by atoms with E-state index in [2.05, 4.69) is 23.9 Å². The topological polar surface area (TPSA) is 90.5 Å². The van der Waals surface area contributed by atoms with Crippen LogP contribution in [0.2, 0.25) is 0 Å². The van der Waals surface area contributed by atoms with Crippen molar-refractivity contribution in [2.24, 2.45) is 5.92 Å². The van der Waals surface area contributed by atoms with Crippen molar-refractivity contribution in [1.82, 2.24) is 19.0 Å². The highest BCUT2D eigenvalue weighted by Gasteiger charge is 2.27. The number of carbonyl (C=O) groups excluding carboxylic acids is 2. The van der Waals surface area contributed by atoms with E-state index in [9.17, 15) is 18.0 Å². The number of ether oxygens (including phenoxy) is 1. The van der Waals surface area contributed by atoms with E-state index in [1.165, 1.54) is 14.2 Å². The molecule has 10 heteroatoms. The number of methoxy groups -OCH3 is 1. The molecular weight excluding hydrogens is 480 g/mol. The highest BCUT2D eigenvalue weighted by molar-refractivity contribution is 7.89. The molecule has 1 aromatic rings. The van der Waals surface area contributed by atoms with Gasteiger partial charge in [-0.3, -0.25) is 9.59 Å². The monoisotopic (exact) mass is 524 g/mol. The van der Waals surface area contributed by atoms with Crippen molar-refractivity contribution in [3.05, 3.63) is 23.3 Å². The first-order valence-electron chi connectivity index (χ1n) is 12.6. The second-order valence-corrected chi connectivity index (χ2v) is 12.2. The molecule has 1 saturated heterocycles. The minimum atomic E-state index is -3.85. The van der Waals surface area contributed by atoms with Crippen LogP contribution in [0.5, 0.6) is 5.75 Å². The van der Waals surface area contributed by atoms with E-state index in [1.807, 2.05) is 0 Å². The van der Waals surface area contributed by atoms with E-state index in [1.54, 1.807) is 37.9 Å². The number of rotatable bonds is 13. The molecule has 0 spiro atoms. The average molecular weight is 525 g/mol. The van der Waals surface area contributed by atoms with Gasteiger partial charge in [-0.25, -0.2) is 8.42 Å². The minimum Gasteiger partial charge on any atom is -0.497 e. The van der Waals surface area contributed by atoms with Crippen molar-refractivity contribution in [3.63, 3.8) is 0 Å². The summed E-state index contributed by atoms with van der Waals surface area (Å²) in [6.45, 7) is 8.06. The van der Waals surface area contributed by atoms with Crippen molar-refractivity contribution in [1.29, 1.82) is 0 Å². The Labute approximate surface area is 217 Å². The third-order valence-electron chi connectivity index (χ3n) is 6.88. The molecule has 0 aromatic heterocycles. The third kappa shape index (κ3) is 8.54. The van der Waals surface area contributed by atoms with E-state index in [0.717, 1.165) is 43.3 Å². The van der Waals surface area contributed by atoms with Crippen molar-refractivity contribution in [3.8, 4) is 5.75 Å². The molecular formula is C26H44N4O5S. The summed E-state index contributed by atoms with van der Waals surface area (Å²) in [7, 11) is 5.03.